The van der Waals surface area contributed by atoms with E-state index < -0.39 is 0 Å². The number of hydrogen-bond donors (Lipinski definition) is 3. The Morgan fingerprint density at radius 3 is 2.48 bits per heavy atom. The van der Waals surface area contributed by atoms with Crippen LogP contribution in [0.5, 0.6) is 0 Å². The third-order valence-electron chi connectivity index (χ3n) is 4.25. The monoisotopic (exact) mass is 338 g/mol. The first-order valence-electron chi connectivity index (χ1n) is 8.56. The predicted molar refractivity (Wildman–Crippen MR) is 96.3 cm³/mol. The molecule has 130 valence electrons. The Balaban J connectivity index is 1.48. The van der Waals surface area contributed by atoms with Gasteiger partial charge in [0.05, 0.1) is 12.2 Å². The molecule has 0 spiro atoms. The summed E-state index contributed by atoms with van der Waals surface area (Å²) in [6.45, 7) is 0.356. The Morgan fingerprint density at radius 2 is 1.80 bits per heavy atom. The molecule has 1 aromatic heterocycles. The van der Waals surface area contributed by atoms with Crippen LogP contribution in [0.15, 0.2) is 48.7 Å². The van der Waals surface area contributed by atoms with E-state index in [1.807, 2.05) is 18.2 Å². The van der Waals surface area contributed by atoms with Gasteiger partial charge in [0.25, 0.3) is 5.91 Å². The summed E-state index contributed by atoms with van der Waals surface area (Å²) < 4.78 is 0. The number of nitrogens with zero attached hydrogens (tertiary/aromatic N) is 1. The second-order valence-corrected chi connectivity index (χ2v) is 6.16. The van der Waals surface area contributed by atoms with Crippen LogP contribution in [0.2, 0.25) is 0 Å². The number of aromatic nitrogens is 1. The van der Waals surface area contributed by atoms with Gasteiger partial charge in [-0.3, -0.25) is 9.78 Å². The maximum Gasteiger partial charge on any atom is 0.319 e. The van der Waals surface area contributed by atoms with E-state index in [1.54, 1.807) is 30.5 Å². The lowest BCUT2D eigenvalue weighted by Gasteiger charge is -2.12. The van der Waals surface area contributed by atoms with Crippen LogP contribution in [0.3, 0.4) is 0 Å². The summed E-state index contributed by atoms with van der Waals surface area (Å²) in [5, 5.41) is 8.53. The molecule has 2 aromatic rings. The van der Waals surface area contributed by atoms with Gasteiger partial charge in [-0.1, -0.05) is 18.9 Å². The fourth-order valence-electron chi connectivity index (χ4n) is 2.89. The number of anilines is 1. The molecule has 6 nitrogen and oxygen atoms in total. The van der Waals surface area contributed by atoms with Crippen molar-refractivity contribution in [3.8, 4) is 0 Å². The second kappa shape index (κ2) is 8.28. The Hall–Kier alpha value is -2.89. The van der Waals surface area contributed by atoms with Crippen LogP contribution in [0, 0.1) is 0 Å². The number of rotatable bonds is 5. The summed E-state index contributed by atoms with van der Waals surface area (Å²) >= 11 is 0. The van der Waals surface area contributed by atoms with E-state index >= 15 is 0 Å². The van der Waals surface area contributed by atoms with Crippen molar-refractivity contribution in [2.75, 3.05) is 5.32 Å². The molecule has 0 radical (unpaired) electrons. The number of benzene rings is 1. The number of urea groups is 1. The van der Waals surface area contributed by atoms with Crippen LogP contribution in [0.4, 0.5) is 10.5 Å². The molecule has 3 N–H and O–H groups in total. The van der Waals surface area contributed by atoms with Crippen LogP contribution in [0.25, 0.3) is 0 Å². The zero-order chi connectivity index (χ0) is 17.5. The molecule has 1 heterocycles. The van der Waals surface area contributed by atoms with Gasteiger partial charge in [-0.2, -0.15) is 0 Å². The quantitative estimate of drug-likeness (QED) is 0.783. The molecule has 1 aliphatic carbocycles. The van der Waals surface area contributed by atoms with Crippen molar-refractivity contribution < 1.29 is 9.59 Å². The molecule has 0 bridgehead atoms. The first-order valence-corrected chi connectivity index (χ1v) is 8.56. The summed E-state index contributed by atoms with van der Waals surface area (Å²) in [5.41, 5.74) is 2.03. The molecule has 25 heavy (non-hydrogen) atoms. The third kappa shape index (κ3) is 5.04. The van der Waals surface area contributed by atoms with Crippen LogP contribution < -0.4 is 16.0 Å². The fourth-order valence-corrected chi connectivity index (χ4v) is 2.89. The zero-order valence-electron chi connectivity index (χ0n) is 14.0. The van der Waals surface area contributed by atoms with Gasteiger partial charge < -0.3 is 16.0 Å². The van der Waals surface area contributed by atoms with E-state index in [0.717, 1.165) is 18.5 Å². The number of carbonyl (C=O) groups excluding carboxylic acids is 2. The molecule has 0 unspecified atom stereocenters. The van der Waals surface area contributed by atoms with Gasteiger partial charge in [-0.15, -0.1) is 0 Å². The minimum atomic E-state index is -0.311. The van der Waals surface area contributed by atoms with E-state index in [2.05, 4.69) is 20.9 Å². The lowest BCUT2D eigenvalue weighted by molar-refractivity contribution is 0.0938. The van der Waals surface area contributed by atoms with Crippen molar-refractivity contribution >= 4 is 17.6 Å². The summed E-state index contributed by atoms with van der Waals surface area (Å²) in [6.07, 6.45) is 6.16. The molecule has 0 aliphatic heterocycles. The molecule has 1 aromatic carbocycles. The molecule has 6 heteroatoms. The topological polar surface area (TPSA) is 83.1 Å². The van der Waals surface area contributed by atoms with Gasteiger partial charge in [-0.05, 0) is 49.2 Å². The highest BCUT2D eigenvalue weighted by atomic mass is 16.2. The van der Waals surface area contributed by atoms with Crippen molar-refractivity contribution in [1.29, 1.82) is 0 Å². The molecule has 1 saturated carbocycles. The number of amides is 3. The van der Waals surface area contributed by atoms with E-state index in [-0.39, 0.29) is 11.9 Å². The predicted octanol–water partition coefficient (Wildman–Crippen LogP) is 3.08. The number of hydrogen-bond acceptors (Lipinski definition) is 3. The van der Waals surface area contributed by atoms with Gasteiger partial charge in [0.2, 0.25) is 0 Å². The number of carbonyl (C=O) groups is 2. The second-order valence-electron chi connectivity index (χ2n) is 6.16. The highest BCUT2D eigenvalue weighted by molar-refractivity contribution is 5.95. The van der Waals surface area contributed by atoms with Crippen molar-refractivity contribution in [2.24, 2.45) is 0 Å². The molecular formula is C19H22N4O2. The Morgan fingerprint density at radius 1 is 1.04 bits per heavy atom. The van der Waals surface area contributed by atoms with Crippen molar-refractivity contribution in [2.45, 2.75) is 38.3 Å². The van der Waals surface area contributed by atoms with E-state index in [9.17, 15) is 9.59 Å². The largest absolute Gasteiger partial charge is 0.349 e. The first-order chi connectivity index (χ1) is 12.2. The molecule has 1 fully saturated rings. The minimum absolute atomic E-state index is 0.0574. The molecule has 3 rings (SSSR count). The van der Waals surface area contributed by atoms with Gasteiger partial charge in [0.1, 0.15) is 0 Å². The Bertz CT molecular complexity index is 710. The maximum atomic E-state index is 12.2. The van der Waals surface area contributed by atoms with Gasteiger partial charge in [0, 0.05) is 23.5 Å². The standard InChI is InChI=1S/C19H22N4O2/c24-18(22-15-5-1-2-6-15)14-8-10-16(11-9-14)23-19(25)21-13-17-7-3-4-12-20-17/h3-4,7-12,15H,1-2,5-6,13H2,(H,22,24)(H2,21,23,25). The van der Waals surface area contributed by atoms with Crippen LogP contribution in [0.1, 0.15) is 41.7 Å². The summed E-state index contributed by atoms with van der Waals surface area (Å²) in [5.74, 6) is -0.0574. The number of nitrogens with one attached hydrogen (secondary N) is 3. The SMILES string of the molecule is O=C(NCc1ccccn1)Nc1ccc(C(=O)NC2CCCC2)cc1. The van der Waals surface area contributed by atoms with E-state index in [1.165, 1.54) is 12.8 Å². The lowest BCUT2D eigenvalue weighted by atomic mass is 10.1. The maximum absolute atomic E-state index is 12.2. The first kappa shape index (κ1) is 17.0. The minimum Gasteiger partial charge on any atom is -0.349 e. The summed E-state index contributed by atoms with van der Waals surface area (Å²) in [6, 6.07) is 12.4. The molecular weight excluding hydrogens is 316 g/mol. The van der Waals surface area contributed by atoms with Gasteiger partial charge in [-0.25, -0.2) is 4.79 Å². The smallest absolute Gasteiger partial charge is 0.319 e. The average Bonchev–Trinajstić information content (AvgIpc) is 3.14. The fraction of sp³-hybridized carbons (Fsp3) is 0.316. The summed E-state index contributed by atoms with van der Waals surface area (Å²) in [4.78, 5) is 28.2. The average molecular weight is 338 g/mol. The molecule has 0 atom stereocenters. The van der Waals surface area contributed by atoms with Gasteiger partial charge >= 0.3 is 6.03 Å². The highest BCUT2D eigenvalue weighted by Gasteiger charge is 2.17. The molecule has 1 aliphatic rings. The lowest BCUT2D eigenvalue weighted by Crippen LogP contribution is -2.32. The van der Waals surface area contributed by atoms with Crippen LogP contribution in [-0.2, 0) is 6.54 Å². The molecule has 3 amide bonds. The Kier molecular flexibility index (Phi) is 5.61. The zero-order valence-corrected chi connectivity index (χ0v) is 14.0. The third-order valence-corrected chi connectivity index (χ3v) is 4.25. The van der Waals surface area contributed by atoms with Gasteiger partial charge in [0.15, 0.2) is 0 Å². The highest BCUT2D eigenvalue weighted by Crippen LogP contribution is 2.18. The summed E-state index contributed by atoms with van der Waals surface area (Å²) in [7, 11) is 0. The van der Waals surface area contributed by atoms with Crippen LogP contribution >= 0.6 is 0 Å². The number of pyridine rings is 1. The van der Waals surface area contributed by atoms with Crippen molar-refractivity contribution in [3.63, 3.8) is 0 Å². The van der Waals surface area contributed by atoms with Crippen LogP contribution in [-0.4, -0.2) is 23.0 Å². The van der Waals surface area contributed by atoms with E-state index in [4.69, 9.17) is 0 Å². The Labute approximate surface area is 147 Å². The molecule has 0 saturated heterocycles. The van der Waals surface area contributed by atoms with Crippen molar-refractivity contribution in [1.82, 2.24) is 15.6 Å². The normalized spacial score (nSPS) is 14.1. The van der Waals surface area contributed by atoms with E-state index in [0.29, 0.717) is 23.8 Å². The van der Waals surface area contributed by atoms with Crippen molar-refractivity contribution in [3.05, 3.63) is 59.9 Å².